The Labute approximate surface area is 475 Å². The maximum absolute atomic E-state index is 3.92. The van der Waals surface area contributed by atoms with Gasteiger partial charge in [0.15, 0.2) is 0 Å². The summed E-state index contributed by atoms with van der Waals surface area (Å²) in [4.78, 5) is 0. The first-order chi connectivity index (χ1) is 39.3. The van der Waals surface area contributed by atoms with Crippen molar-refractivity contribution in [2.24, 2.45) is 0 Å². The minimum absolute atomic E-state index is 0.935. The molecule has 10 aromatic carbocycles. The fraction of sp³-hybridized carbons (Fsp3) is 0.0769. The number of rotatable bonds is 11. The van der Waals surface area contributed by atoms with E-state index < -0.39 is 0 Å². The summed E-state index contributed by atoms with van der Waals surface area (Å²) < 4.78 is 4.87. The van der Waals surface area contributed by atoms with Crippen molar-refractivity contribution in [1.82, 2.24) is 9.13 Å². The zero-order valence-electron chi connectivity index (χ0n) is 47.1. The maximum Gasteiger partial charge on any atom is 0.0547 e. The molecule has 2 nitrogen and oxygen atoms in total. The van der Waals surface area contributed by atoms with Crippen LogP contribution in [0.3, 0.4) is 0 Å². The van der Waals surface area contributed by atoms with Gasteiger partial charge >= 0.3 is 0 Å². The fourth-order valence-corrected chi connectivity index (χ4v) is 10.1. The third kappa shape index (κ3) is 12.3. The summed E-state index contributed by atoms with van der Waals surface area (Å²) >= 11 is 0. The summed E-state index contributed by atoms with van der Waals surface area (Å²) in [5.41, 5.74) is 21.1. The minimum Gasteiger partial charge on any atom is -0.309 e. The maximum atomic E-state index is 3.92. The van der Waals surface area contributed by atoms with Crippen LogP contribution in [0.25, 0.3) is 117 Å². The van der Waals surface area contributed by atoms with Gasteiger partial charge < -0.3 is 9.13 Å². The number of para-hydroxylation sites is 3. The summed E-state index contributed by atoms with van der Waals surface area (Å²) in [7, 11) is 0. The molecule has 0 aliphatic heterocycles. The lowest BCUT2D eigenvalue weighted by Gasteiger charge is -2.15. The molecular weight excluding hydrogens is 965 g/mol. The van der Waals surface area contributed by atoms with Gasteiger partial charge in [-0.1, -0.05) is 279 Å². The van der Waals surface area contributed by atoms with E-state index >= 15 is 0 Å². The van der Waals surface area contributed by atoms with Crippen LogP contribution in [-0.4, -0.2) is 9.13 Å². The topological polar surface area (TPSA) is 9.86 Å². The van der Waals surface area contributed by atoms with Crippen molar-refractivity contribution in [3.05, 3.63) is 310 Å². The molecule has 0 N–H and O–H groups in total. The number of hydrogen-bond donors (Lipinski definition) is 0. The van der Waals surface area contributed by atoms with Crippen molar-refractivity contribution in [2.45, 2.75) is 41.0 Å². The highest BCUT2D eigenvalue weighted by atomic mass is 15.0. The molecule has 0 aliphatic carbocycles. The fourth-order valence-electron chi connectivity index (χ4n) is 10.1. The SMILES string of the molecule is C=CC(=C)c1ccc(/C=C\C)c(C=C)c1.C=CC=C.CC.CCC.c1ccc(-c2cccc(-c3ccccc3-n3c4ccccc4c4ccc(-c5ccc6c(c5)c5ccccc5n6-c5cccc(-c6ccccc6)c5)cc43)c2)cc1. The first-order valence-electron chi connectivity index (χ1n) is 27.8. The van der Waals surface area contributed by atoms with Crippen molar-refractivity contribution in [3.8, 4) is 55.9 Å². The van der Waals surface area contributed by atoms with Gasteiger partial charge in [0.05, 0.1) is 27.8 Å². The number of nitrogens with zero attached hydrogens (tertiary/aromatic N) is 2. The molecule has 0 unspecified atom stereocenters. The molecule has 0 spiro atoms. The molecule has 0 aliphatic rings. The third-order valence-electron chi connectivity index (χ3n) is 13.8. The van der Waals surface area contributed by atoms with Crippen LogP contribution in [0, 0.1) is 0 Å². The summed E-state index contributed by atoms with van der Waals surface area (Å²) in [5, 5.41) is 4.98. The Morgan fingerprint density at radius 1 is 0.400 bits per heavy atom. The van der Waals surface area contributed by atoms with E-state index in [1.807, 2.05) is 39.0 Å². The van der Waals surface area contributed by atoms with Gasteiger partial charge in [-0.2, -0.15) is 0 Å². The van der Waals surface area contributed by atoms with Crippen molar-refractivity contribution >= 4 is 61.3 Å². The van der Waals surface area contributed by atoms with E-state index in [9.17, 15) is 0 Å². The highest BCUT2D eigenvalue weighted by Crippen LogP contribution is 2.41. The summed E-state index contributed by atoms with van der Waals surface area (Å²) in [5.74, 6) is 0. The van der Waals surface area contributed by atoms with E-state index in [1.54, 1.807) is 18.2 Å². The Balaban J connectivity index is 0.000000296. The van der Waals surface area contributed by atoms with Crippen LogP contribution in [0.15, 0.2) is 294 Å². The Morgan fingerprint density at radius 3 is 1.54 bits per heavy atom. The molecule has 0 fully saturated rings. The molecule has 0 bridgehead atoms. The van der Waals surface area contributed by atoms with E-state index in [2.05, 4.69) is 292 Å². The van der Waals surface area contributed by atoms with Gasteiger partial charge in [-0.05, 0) is 129 Å². The van der Waals surface area contributed by atoms with Crippen molar-refractivity contribution in [2.75, 3.05) is 0 Å². The first kappa shape index (κ1) is 56.4. The number of hydrogen-bond acceptors (Lipinski definition) is 0. The van der Waals surface area contributed by atoms with Gasteiger partial charge in [-0.25, -0.2) is 0 Å². The lowest BCUT2D eigenvalue weighted by Crippen LogP contribution is -1.97. The summed E-state index contributed by atoms with van der Waals surface area (Å²) in [6.45, 7) is 28.4. The van der Waals surface area contributed by atoms with Gasteiger partial charge in [0.1, 0.15) is 0 Å². The van der Waals surface area contributed by atoms with Crippen molar-refractivity contribution in [1.29, 1.82) is 0 Å². The number of fused-ring (bicyclic) bond motifs is 6. The van der Waals surface area contributed by atoms with Gasteiger partial charge in [0.2, 0.25) is 0 Å². The Bertz CT molecular complexity index is 4110. The van der Waals surface area contributed by atoms with Crippen LogP contribution in [0.5, 0.6) is 0 Å². The van der Waals surface area contributed by atoms with E-state index in [1.165, 1.54) is 100 Å². The molecule has 0 saturated heterocycles. The monoisotopic (exact) mass is 1040 g/mol. The number of allylic oxidation sites excluding steroid dienone is 5. The van der Waals surface area contributed by atoms with Gasteiger partial charge in [0.25, 0.3) is 0 Å². The first-order valence-corrected chi connectivity index (χ1v) is 27.8. The van der Waals surface area contributed by atoms with E-state index in [4.69, 9.17) is 0 Å². The molecule has 12 aromatic rings. The van der Waals surface area contributed by atoms with E-state index in [0.717, 1.165) is 28.1 Å². The lowest BCUT2D eigenvalue weighted by molar-refractivity contribution is 1.09. The van der Waals surface area contributed by atoms with Gasteiger partial charge in [0, 0.05) is 32.8 Å². The second kappa shape index (κ2) is 27.5. The molecule has 0 radical (unpaired) electrons. The molecule has 394 valence electrons. The second-order valence-electron chi connectivity index (χ2n) is 19.0. The normalized spacial score (nSPS) is 10.6. The predicted molar refractivity (Wildman–Crippen MR) is 355 cm³/mol. The van der Waals surface area contributed by atoms with Gasteiger partial charge in [-0.15, -0.1) is 0 Å². The number of benzene rings is 10. The van der Waals surface area contributed by atoms with Crippen LogP contribution in [0.1, 0.15) is 57.7 Å². The average Bonchev–Trinajstić information content (AvgIpc) is 4.11. The molecule has 80 heavy (non-hydrogen) atoms. The average molecular weight is 1040 g/mol. The van der Waals surface area contributed by atoms with Crippen LogP contribution in [0.4, 0.5) is 0 Å². The zero-order chi connectivity index (χ0) is 56.4. The minimum atomic E-state index is 0.935. The quantitative estimate of drug-likeness (QED) is 0.114. The van der Waals surface area contributed by atoms with Crippen molar-refractivity contribution < 1.29 is 0 Å². The molecule has 0 amide bonds. The van der Waals surface area contributed by atoms with Crippen LogP contribution >= 0.6 is 0 Å². The molecule has 2 heteroatoms. The third-order valence-corrected chi connectivity index (χ3v) is 13.8. The lowest BCUT2D eigenvalue weighted by atomic mass is 9.98. The molecule has 2 aromatic heterocycles. The highest BCUT2D eigenvalue weighted by Gasteiger charge is 2.18. The predicted octanol–water partition coefficient (Wildman–Crippen LogP) is 22.9. The Hall–Kier alpha value is -9.76. The van der Waals surface area contributed by atoms with E-state index in [-0.39, 0.29) is 0 Å². The molecule has 12 rings (SSSR count). The molecule has 0 atom stereocenters. The molecular formula is C78H72N2. The molecule has 0 saturated carbocycles. The zero-order valence-corrected chi connectivity index (χ0v) is 47.1. The van der Waals surface area contributed by atoms with Crippen LogP contribution in [0.2, 0.25) is 0 Å². The highest BCUT2D eigenvalue weighted by molar-refractivity contribution is 6.13. The Morgan fingerprint density at radius 2 is 0.900 bits per heavy atom. The standard InChI is InChI=1S/C54H36N2.C15H16.C4H6.C3H8.C2H6/c1-3-15-37(16-4-1)39-19-13-21-43(33-39)45-23-7-10-26-50(45)56-52-28-12-8-24-46(52)48-31-29-42(36-54(48)56)41-30-32-53-49(35-41)47-25-9-11-27-51(47)55(53)44-22-14-20-40(34-44)38-17-5-2-6-18-38;1-5-8-14-9-10-15(12(4)6-2)11-13(14)7-3;1-3-4-2;1-3-2;1-2/h1-36H;5-11H,2-4H2,1H3;3-4H,1-2H2;3H2,1-2H3;1-2H3/b;8-5-;;;. The Kier molecular flexibility index (Phi) is 19.4. The second-order valence-corrected chi connectivity index (χ2v) is 19.0. The number of aromatic nitrogens is 2. The molecule has 2 heterocycles. The van der Waals surface area contributed by atoms with Gasteiger partial charge in [-0.3, -0.25) is 0 Å². The van der Waals surface area contributed by atoms with Crippen LogP contribution < -0.4 is 0 Å². The van der Waals surface area contributed by atoms with Crippen molar-refractivity contribution in [3.63, 3.8) is 0 Å². The smallest absolute Gasteiger partial charge is 0.0547 e. The van der Waals surface area contributed by atoms with E-state index in [0.29, 0.717) is 0 Å². The summed E-state index contributed by atoms with van der Waals surface area (Å²) in [6.07, 6.45) is 12.2. The van der Waals surface area contributed by atoms with Crippen LogP contribution in [-0.2, 0) is 0 Å². The largest absolute Gasteiger partial charge is 0.309 e. The summed E-state index contributed by atoms with van der Waals surface area (Å²) in [6, 6.07) is 85.6.